The normalized spacial score (nSPS) is 12.3. The number of rotatable bonds is 4. The molecule has 0 saturated carbocycles. The van der Waals surface area contributed by atoms with Gasteiger partial charge in [0, 0.05) is 5.69 Å². The van der Waals surface area contributed by atoms with Crippen molar-refractivity contribution in [2.75, 3.05) is 5.73 Å². The van der Waals surface area contributed by atoms with Crippen LogP contribution in [0.15, 0.2) is 54.6 Å². The smallest absolute Gasteiger partial charge is 0.0794 e. The van der Waals surface area contributed by atoms with Gasteiger partial charge in [-0.1, -0.05) is 42.5 Å². The minimum absolute atomic E-state index is 0.446. The van der Waals surface area contributed by atoms with Gasteiger partial charge < -0.3 is 10.8 Å². The Bertz CT molecular complexity index is 467. The Morgan fingerprint density at radius 1 is 1.00 bits per heavy atom. The summed E-state index contributed by atoms with van der Waals surface area (Å²) in [7, 11) is 0. The monoisotopic (exact) mass is 227 g/mol. The Kier molecular flexibility index (Phi) is 3.78. The molecule has 0 bridgehead atoms. The highest BCUT2D eigenvalue weighted by Gasteiger charge is 2.07. The van der Waals surface area contributed by atoms with Gasteiger partial charge in [0.2, 0.25) is 0 Å². The van der Waals surface area contributed by atoms with Crippen molar-refractivity contribution in [2.24, 2.45) is 0 Å². The molecule has 2 aromatic rings. The van der Waals surface area contributed by atoms with Crippen LogP contribution >= 0.6 is 0 Å². The molecule has 0 spiro atoms. The minimum atomic E-state index is -0.446. The summed E-state index contributed by atoms with van der Waals surface area (Å²) in [5, 5.41) is 10.1. The SMILES string of the molecule is Nc1cccc(C(O)CCc2ccccc2)c1. The van der Waals surface area contributed by atoms with E-state index in [9.17, 15) is 5.11 Å². The molecule has 2 aromatic carbocycles. The largest absolute Gasteiger partial charge is 0.399 e. The number of hydrogen-bond donors (Lipinski definition) is 2. The van der Waals surface area contributed by atoms with Gasteiger partial charge in [-0.15, -0.1) is 0 Å². The number of hydrogen-bond acceptors (Lipinski definition) is 2. The molecule has 17 heavy (non-hydrogen) atoms. The second kappa shape index (κ2) is 5.51. The van der Waals surface area contributed by atoms with E-state index in [4.69, 9.17) is 5.73 Å². The fraction of sp³-hybridized carbons (Fsp3) is 0.200. The van der Waals surface area contributed by atoms with Crippen molar-refractivity contribution in [3.05, 3.63) is 65.7 Å². The van der Waals surface area contributed by atoms with E-state index in [0.717, 1.165) is 12.0 Å². The predicted molar refractivity (Wildman–Crippen MR) is 70.6 cm³/mol. The van der Waals surface area contributed by atoms with Crippen molar-refractivity contribution in [3.63, 3.8) is 0 Å². The van der Waals surface area contributed by atoms with Crippen molar-refractivity contribution in [3.8, 4) is 0 Å². The number of aryl methyl sites for hydroxylation is 1. The number of benzene rings is 2. The van der Waals surface area contributed by atoms with Crippen LogP contribution in [0.4, 0.5) is 5.69 Å². The predicted octanol–water partition coefficient (Wildman–Crippen LogP) is 2.94. The van der Waals surface area contributed by atoms with Crippen LogP contribution in [0.1, 0.15) is 23.7 Å². The molecule has 0 aliphatic rings. The highest BCUT2D eigenvalue weighted by Crippen LogP contribution is 2.20. The Balaban J connectivity index is 1.96. The number of nitrogen functional groups attached to an aromatic ring is 1. The van der Waals surface area contributed by atoms with Gasteiger partial charge in [-0.05, 0) is 36.1 Å². The van der Waals surface area contributed by atoms with E-state index in [2.05, 4.69) is 12.1 Å². The van der Waals surface area contributed by atoms with Crippen LogP contribution in [0.3, 0.4) is 0 Å². The van der Waals surface area contributed by atoms with Gasteiger partial charge in [-0.25, -0.2) is 0 Å². The Labute approximate surface area is 102 Å². The zero-order chi connectivity index (χ0) is 12.1. The lowest BCUT2D eigenvalue weighted by Gasteiger charge is -2.11. The molecule has 0 radical (unpaired) electrons. The highest BCUT2D eigenvalue weighted by atomic mass is 16.3. The minimum Gasteiger partial charge on any atom is -0.399 e. The molecule has 0 heterocycles. The van der Waals surface area contributed by atoms with E-state index in [0.29, 0.717) is 12.1 Å². The fourth-order valence-electron chi connectivity index (χ4n) is 1.88. The summed E-state index contributed by atoms with van der Waals surface area (Å²) in [6.45, 7) is 0. The van der Waals surface area contributed by atoms with Crippen LogP contribution < -0.4 is 5.73 Å². The lowest BCUT2D eigenvalue weighted by Crippen LogP contribution is -2.00. The maximum atomic E-state index is 10.1. The number of anilines is 1. The van der Waals surface area contributed by atoms with Crippen molar-refractivity contribution in [2.45, 2.75) is 18.9 Å². The fourth-order valence-corrected chi connectivity index (χ4v) is 1.88. The lowest BCUT2D eigenvalue weighted by atomic mass is 10.0. The Morgan fingerprint density at radius 2 is 1.76 bits per heavy atom. The third-order valence-corrected chi connectivity index (χ3v) is 2.84. The van der Waals surface area contributed by atoms with E-state index in [1.807, 2.05) is 42.5 Å². The standard InChI is InChI=1S/C15H17NO/c16-14-8-4-7-13(11-14)15(17)10-9-12-5-2-1-3-6-12/h1-8,11,15,17H,9-10,16H2. The van der Waals surface area contributed by atoms with E-state index < -0.39 is 6.10 Å². The zero-order valence-corrected chi connectivity index (χ0v) is 9.71. The molecule has 88 valence electrons. The van der Waals surface area contributed by atoms with E-state index in [-0.39, 0.29) is 0 Å². The third-order valence-electron chi connectivity index (χ3n) is 2.84. The molecule has 0 aromatic heterocycles. The second-order valence-corrected chi connectivity index (χ2v) is 4.21. The number of aliphatic hydroxyl groups excluding tert-OH is 1. The molecule has 2 rings (SSSR count). The van der Waals surface area contributed by atoms with E-state index >= 15 is 0 Å². The first-order valence-electron chi connectivity index (χ1n) is 5.83. The number of aliphatic hydroxyl groups is 1. The summed E-state index contributed by atoms with van der Waals surface area (Å²) in [5.41, 5.74) is 8.52. The first-order chi connectivity index (χ1) is 8.25. The molecule has 0 saturated heterocycles. The molecule has 1 atom stereocenters. The maximum Gasteiger partial charge on any atom is 0.0794 e. The molecule has 0 fully saturated rings. The molecule has 2 heteroatoms. The summed E-state index contributed by atoms with van der Waals surface area (Å²) < 4.78 is 0. The molecule has 3 N–H and O–H groups in total. The van der Waals surface area contributed by atoms with Crippen LogP contribution in [0.25, 0.3) is 0 Å². The summed E-state index contributed by atoms with van der Waals surface area (Å²) in [6, 6.07) is 17.6. The van der Waals surface area contributed by atoms with Gasteiger partial charge >= 0.3 is 0 Å². The van der Waals surface area contributed by atoms with Crippen molar-refractivity contribution >= 4 is 5.69 Å². The van der Waals surface area contributed by atoms with Gasteiger partial charge in [-0.2, -0.15) is 0 Å². The second-order valence-electron chi connectivity index (χ2n) is 4.21. The van der Waals surface area contributed by atoms with Crippen LogP contribution in [-0.2, 0) is 6.42 Å². The highest BCUT2D eigenvalue weighted by molar-refractivity contribution is 5.41. The average molecular weight is 227 g/mol. The van der Waals surface area contributed by atoms with Crippen molar-refractivity contribution in [1.82, 2.24) is 0 Å². The molecule has 2 nitrogen and oxygen atoms in total. The van der Waals surface area contributed by atoms with Gasteiger partial charge in [0.25, 0.3) is 0 Å². The molecular weight excluding hydrogens is 210 g/mol. The Morgan fingerprint density at radius 3 is 2.47 bits per heavy atom. The van der Waals surface area contributed by atoms with E-state index in [1.165, 1.54) is 5.56 Å². The van der Waals surface area contributed by atoms with Crippen LogP contribution in [-0.4, -0.2) is 5.11 Å². The third kappa shape index (κ3) is 3.33. The summed E-state index contributed by atoms with van der Waals surface area (Å²) >= 11 is 0. The van der Waals surface area contributed by atoms with Gasteiger partial charge in [-0.3, -0.25) is 0 Å². The van der Waals surface area contributed by atoms with Crippen LogP contribution in [0.5, 0.6) is 0 Å². The van der Waals surface area contributed by atoms with Crippen molar-refractivity contribution < 1.29 is 5.11 Å². The molecule has 0 amide bonds. The lowest BCUT2D eigenvalue weighted by molar-refractivity contribution is 0.168. The number of nitrogens with two attached hydrogens (primary N) is 1. The van der Waals surface area contributed by atoms with Gasteiger partial charge in [0.05, 0.1) is 6.10 Å². The molecule has 1 unspecified atom stereocenters. The van der Waals surface area contributed by atoms with Gasteiger partial charge in [0.1, 0.15) is 0 Å². The maximum absolute atomic E-state index is 10.1. The summed E-state index contributed by atoms with van der Waals surface area (Å²) in [5.74, 6) is 0. The molecular formula is C15H17NO. The summed E-state index contributed by atoms with van der Waals surface area (Å²) in [4.78, 5) is 0. The first-order valence-corrected chi connectivity index (χ1v) is 5.83. The van der Waals surface area contributed by atoms with Crippen molar-refractivity contribution in [1.29, 1.82) is 0 Å². The van der Waals surface area contributed by atoms with Gasteiger partial charge in [0.15, 0.2) is 0 Å². The molecule has 0 aliphatic carbocycles. The first kappa shape index (κ1) is 11.7. The van der Waals surface area contributed by atoms with Crippen LogP contribution in [0, 0.1) is 0 Å². The summed E-state index contributed by atoms with van der Waals surface area (Å²) in [6.07, 6.45) is 1.14. The zero-order valence-electron chi connectivity index (χ0n) is 9.71. The van der Waals surface area contributed by atoms with E-state index in [1.54, 1.807) is 0 Å². The topological polar surface area (TPSA) is 46.2 Å². The Hall–Kier alpha value is -1.80. The molecule has 0 aliphatic heterocycles. The van der Waals surface area contributed by atoms with Crippen LogP contribution in [0.2, 0.25) is 0 Å². The quantitative estimate of drug-likeness (QED) is 0.789. The average Bonchev–Trinajstić information content (AvgIpc) is 2.37.